The summed E-state index contributed by atoms with van der Waals surface area (Å²) in [6, 6.07) is 4.01. The predicted molar refractivity (Wildman–Crippen MR) is 91.2 cm³/mol. The molecule has 0 atom stereocenters. The van der Waals surface area contributed by atoms with Gasteiger partial charge in [-0.05, 0) is 35.1 Å². The van der Waals surface area contributed by atoms with E-state index >= 15 is 0 Å². The molecule has 0 amide bonds. The van der Waals surface area contributed by atoms with Gasteiger partial charge in [0.25, 0.3) is 0 Å². The fraction of sp³-hybridized carbons (Fsp3) is 0.389. The van der Waals surface area contributed by atoms with Crippen molar-refractivity contribution in [1.82, 2.24) is 9.97 Å². The summed E-state index contributed by atoms with van der Waals surface area (Å²) in [4.78, 5) is 19.8. The molecule has 0 aliphatic heterocycles. The lowest BCUT2D eigenvalue weighted by atomic mass is 9.93. The third-order valence-electron chi connectivity index (χ3n) is 3.47. The zero-order chi connectivity index (χ0) is 17.0. The first kappa shape index (κ1) is 16.9. The Labute approximate surface area is 137 Å². The molecule has 0 spiro atoms. The number of hydrogen-bond acceptors (Lipinski definition) is 5. The number of benzene rings is 1. The molecule has 2 rings (SSSR count). The van der Waals surface area contributed by atoms with Crippen LogP contribution >= 0.6 is 0 Å². The molecule has 1 heterocycles. The summed E-state index contributed by atoms with van der Waals surface area (Å²) in [5.41, 5.74) is 2.91. The van der Waals surface area contributed by atoms with Crippen LogP contribution in [0, 0.1) is 0 Å². The predicted octanol–water partition coefficient (Wildman–Crippen LogP) is 4.39. The number of anilines is 2. The normalized spacial score (nSPS) is 10.9. The van der Waals surface area contributed by atoms with Crippen LogP contribution in [0.3, 0.4) is 0 Å². The molecule has 5 heteroatoms. The molecule has 0 bridgehead atoms. The van der Waals surface area contributed by atoms with Crippen molar-refractivity contribution in [2.75, 3.05) is 5.32 Å². The van der Waals surface area contributed by atoms with E-state index in [1.165, 1.54) is 6.92 Å². The van der Waals surface area contributed by atoms with E-state index < -0.39 is 0 Å². The lowest BCUT2D eigenvalue weighted by molar-refractivity contribution is -0.132. The van der Waals surface area contributed by atoms with Gasteiger partial charge in [-0.1, -0.05) is 27.7 Å². The van der Waals surface area contributed by atoms with Crippen LogP contribution in [0.5, 0.6) is 5.75 Å². The fourth-order valence-corrected chi connectivity index (χ4v) is 2.38. The first-order chi connectivity index (χ1) is 10.9. The fourth-order valence-electron chi connectivity index (χ4n) is 2.38. The lowest BCUT2D eigenvalue weighted by Crippen LogP contribution is -2.09. The van der Waals surface area contributed by atoms with E-state index in [1.54, 1.807) is 18.6 Å². The maximum atomic E-state index is 11.5. The van der Waals surface area contributed by atoms with Gasteiger partial charge < -0.3 is 10.1 Å². The molecular formula is C18H23N3O2. The Morgan fingerprint density at radius 2 is 1.70 bits per heavy atom. The summed E-state index contributed by atoms with van der Waals surface area (Å²) in [5.74, 6) is 1.50. The quantitative estimate of drug-likeness (QED) is 0.655. The van der Waals surface area contributed by atoms with Crippen LogP contribution in [0.1, 0.15) is 57.6 Å². The van der Waals surface area contributed by atoms with Crippen molar-refractivity contribution in [3.63, 3.8) is 0 Å². The zero-order valence-corrected chi connectivity index (χ0v) is 14.3. The first-order valence-corrected chi connectivity index (χ1v) is 7.77. The molecule has 23 heavy (non-hydrogen) atoms. The van der Waals surface area contributed by atoms with E-state index in [4.69, 9.17) is 4.74 Å². The van der Waals surface area contributed by atoms with Gasteiger partial charge in [-0.25, -0.2) is 4.98 Å². The van der Waals surface area contributed by atoms with Crippen LogP contribution < -0.4 is 10.1 Å². The van der Waals surface area contributed by atoms with E-state index in [2.05, 4.69) is 43.0 Å². The summed E-state index contributed by atoms with van der Waals surface area (Å²) in [7, 11) is 0. The number of nitrogens with zero attached hydrogens (tertiary/aromatic N) is 2. The van der Waals surface area contributed by atoms with Crippen molar-refractivity contribution >= 4 is 17.5 Å². The zero-order valence-electron chi connectivity index (χ0n) is 14.3. The topological polar surface area (TPSA) is 64.1 Å². The van der Waals surface area contributed by atoms with E-state index in [9.17, 15) is 4.79 Å². The SMILES string of the molecule is CC(=O)Oc1c(C(C)C)cc(Nc2cnccn2)cc1C(C)C. The molecule has 1 aromatic carbocycles. The molecule has 0 aliphatic rings. The van der Waals surface area contributed by atoms with E-state index in [1.807, 2.05) is 12.1 Å². The molecule has 1 N–H and O–H groups in total. The molecule has 0 fully saturated rings. The van der Waals surface area contributed by atoms with Gasteiger partial charge in [0, 0.05) is 25.0 Å². The number of carbonyl (C=O) groups excluding carboxylic acids is 1. The number of nitrogens with one attached hydrogen (secondary N) is 1. The number of ether oxygens (including phenoxy) is 1. The van der Waals surface area contributed by atoms with Crippen LogP contribution in [0.4, 0.5) is 11.5 Å². The summed E-state index contributed by atoms with van der Waals surface area (Å²) < 4.78 is 5.51. The molecule has 1 aromatic heterocycles. The van der Waals surface area contributed by atoms with Gasteiger partial charge in [0.2, 0.25) is 0 Å². The second-order valence-corrected chi connectivity index (χ2v) is 6.10. The second kappa shape index (κ2) is 7.22. The third kappa shape index (κ3) is 4.28. The third-order valence-corrected chi connectivity index (χ3v) is 3.47. The highest BCUT2D eigenvalue weighted by atomic mass is 16.5. The second-order valence-electron chi connectivity index (χ2n) is 6.10. The standard InChI is InChI=1S/C18H23N3O2/c1-11(2)15-8-14(21-17-10-19-6-7-20-17)9-16(12(3)4)18(15)23-13(5)22/h6-12H,1-5H3,(H,20,21). The van der Waals surface area contributed by atoms with E-state index in [0.717, 1.165) is 16.8 Å². The highest BCUT2D eigenvalue weighted by Crippen LogP contribution is 2.38. The Kier molecular flexibility index (Phi) is 5.32. The first-order valence-electron chi connectivity index (χ1n) is 7.77. The highest BCUT2D eigenvalue weighted by molar-refractivity contribution is 5.72. The minimum atomic E-state index is -0.302. The van der Waals surface area contributed by atoms with Crippen LogP contribution in [0.15, 0.2) is 30.7 Å². The van der Waals surface area contributed by atoms with E-state index in [0.29, 0.717) is 11.6 Å². The molecule has 0 unspecified atom stereocenters. The monoisotopic (exact) mass is 313 g/mol. The Balaban J connectivity index is 2.51. The summed E-state index contributed by atoms with van der Waals surface area (Å²) >= 11 is 0. The summed E-state index contributed by atoms with van der Waals surface area (Å²) in [5, 5.41) is 3.26. The number of rotatable bonds is 5. The van der Waals surface area contributed by atoms with Crippen molar-refractivity contribution in [1.29, 1.82) is 0 Å². The number of aromatic nitrogens is 2. The van der Waals surface area contributed by atoms with Gasteiger partial charge in [0.15, 0.2) is 0 Å². The minimum absolute atomic E-state index is 0.227. The van der Waals surface area contributed by atoms with Crippen LogP contribution in [0.25, 0.3) is 0 Å². The Hall–Kier alpha value is -2.43. The molecular weight excluding hydrogens is 290 g/mol. The van der Waals surface area contributed by atoms with Gasteiger partial charge in [-0.2, -0.15) is 0 Å². The number of hydrogen-bond donors (Lipinski definition) is 1. The minimum Gasteiger partial charge on any atom is -0.426 e. The van der Waals surface area contributed by atoms with Crippen molar-refractivity contribution in [3.8, 4) is 5.75 Å². The average Bonchev–Trinajstić information content (AvgIpc) is 2.48. The molecule has 5 nitrogen and oxygen atoms in total. The highest BCUT2D eigenvalue weighted by Gasteiger charge is 2.19. The smallest absolute Gasteiger partial charge is 0.308 e. The number of esters is 1. The van der Waals surface area contributed by atoms with Crippen LogP contribution in [0.2, 0.25) is 0 Å². The Bertz CT molecular complexity index is 653. The van der Waals surface area contributed by atoms with Crippen molar-refractivity contribution < 1.29 is 9.53 Å². The maximum Gasteiger partial charge on any atom is 0.308 e. The van der Waals surface area contributed by atoms with Gasteiger partial charge >= 0.3 is 5.97 Å². The Morgan fingerprint density at radius 3 is 2.13 bits per heavy atom. The van der Waals surface area contributed by atoms with Gasteiger partial charge in [0.05, 0.1) is 6.20 Å². The van der Waals surface area contributed by atoms with Crippen molar-refractivity contribution in [2.24, 2.45) is 0 Å². The van der Waals surface area contributed by atoms with Crippen molar-refractivity contribution in [3.05, 3.63) is 41.9 Å². The molecule has 0 saturated carbocycles. The Morgan fingerprint density at radius 1 is 1.09 bits per heavy atom. The molecule has 0 saturated heterocycles. The lowest BCUT2D eigenvalue weighted by Gasteiger charge is -2.20. The van der Waals surface area contributed by atoms with Gasteiger partial charge in [0.1, 0.15) is 11.6 Å². The molecule has 0 aliphatic carbocycles. The van der Waals surface area contributed by atoms with Gasteiger partial charge in [-0.15, -0.1) is 0 Å². The van der Waals surface area contributed by atoms with Crippen LogP contribution in [-0.2, 0) is 4.79 Å². The average molecular weight is 313 g/mol. The largest absolute Gasteiger partial charge is 0.426 e. The number of carbonyl (C=O) groups is 1. The molecule has 0 radical (unpaired) electrons. The molecule has 2 aromatic rings. The van der Waals surface area contributed by atoms with Gasteiger partial charge in [-0.3, -0.25) is 9.78 Å². The molecule has 122 valence electrons. The maximum absolute atomic E-state index is 11.5. The van der Waals surface area contributed by atoms with Crippen LogP contribution in [-0.4, -0.2) is 15.9 Å². The van der Waals surface area contributed by atoms with E-state index in [-0.39, 0.29) is 17.8 Å². The summed E-state index contributed by atoms with van der Waals surface area (Å²) in [6.07, 6.45) is 4.94. The van der Waals surface area contributed by atoms with Crippen molar-refractivity contribution in [2.45, 2.75) is 46.5 Å². The summed E-state index contributed by atoms with van der Waals surface area (Å²) in [6.45, 7) is 9.76.